The summed E-state index contributed by atoms with van der Waals surface area (Å²) in [6.45, 7) is 2.51. The summed E-state index contributed by atoms with van der Waals surface area (Å²) in [7, 11) is 0. The molecule has 28 heavy (non-hydrogen) atoms. The molecule has 0 aromatic heterocycles. The van der Waals surface area contributed by atoms with Gasteiger partial charge in [0.25, 0.3) is 0 Å². The van der Waals surface area contributed by atoms with Crippen molar-refractivity contribution in [2.75, 3.05) is 6.61 Å². The van der Waals surface area contributed by atoms with Crippen molar-refractivity contribution >= 4 is 5.97 Å². The fourth-order valence-corrected chi connectivity index (χ4v) is 9.14. The van der Waals surface area contributed by atoms with Crippen LogP contribution in [0.25, 0.3) is 0 Å². The maximum absolute atomic E-state index is 12.2. The zero-order valence-electron chi connectivity index (χ0n) is 17.0. The number of aliphatic hydroxyl groups excluding tert-OH is 1. The highest BCUT2D eigenvalue weighted by atomic mass is 16.6. The van der Waals surface area contributed by atoms with Gasteiger partial charge in [0.2, 0.25) is 0 Å². The second-order valence-corrected chi connectivity index (χ2v) is 10.6. The maximum Gasteiger partial charge on any atom is 0.306 e. The van der Waals surface area contributed by atoms with Crippen LogP contribution in [0.1, 0.15) is 64.7 Å². The first-order valence-corrected chi connectivity index (χ1v) is 11.6. The third kappa shape index (κ3) is 1.94. The molecule has 152 valence electrons. The molecule has 6 aliphatic rings. The predicted octanol–water partition coefficient (Wildman–Crippen LogP) is 3.70. The Morgan fingerprint density at radius 3 is 2.79 bits per heavy atom. The van der Waals surface area contributed by atoms with E-state index in [1.807, 2.05) is 0 Å². The summed E-state index contributed by atoms with van der Waals surface area (Å²) in [6, 6.07) is 0. The van der Waals surface area contributed by atoms with Crippen molar-refractivity contribution in [2.24, 2.45) is 46.7 Å². The van der Waals surface area contributed by atoms with Gasteiger partial charge in [0, 0.05) is 23.5 Å². The number of fused-ring (bicyclic) bond motifs is 9. The van der Waals surface area contributed by atoms with E-state index in [-0.39, 0.29) is 23.6 Å². The summed E-state index contributed by atoms with van der Waals surface area (Å²) in [4.78, 5) is 12.2. The third-order valence-electron chi connectivity index (χ3n) is 10.0. The van der Waals surface area contributed by atoms with Crippen LogP contribution in [0.3, 0.4) is 0 Å². The predicted molar refractivity (Wildman–Crippen MR) is 106 cm³/mol. The third-order valence-corrected chi connectivity index (χ3v) is 10.0. The lowest BCUT2D eigenvalue weighted by molar-refractivity contribution is -0.178. The fourth-order valence-electron chi connectivity index (χ4n) is 9.14. The normalized spacial score (nSPS) is 51.2. The van der Waals surface area contributed by atoms with E-state index in [1.165, 1.54) is 30.4 Å². The summed E-state index contributed by atoms with van der Waals surface area (Å²) >= 11 is 0. The Bertz CT molecular complexity index is 800. The second kappa shape index (κ2) is 5.65. The lowest BCUT2D eigenvalue weighted by Crippen LogP contribution is -2.56. The maximum atomic E-state index is 12.2. The molecule has 4 heteroatoms. The molecule has 3 N–H and O–H groups in total. The summed E-state index contributed by atoms with van der Waals surface area (Å²) in [6.07, 6.45) is 11.8. The van der Waals surface area contributed by atoms with Crippen molar-refractivity contribution in [1.82, 2.24) is 0 Å². The Hall–Kier alpha value is -1.29. The molecule has 4 fully saturated rings. The van der Waals surface area contributed by atoms with E-state index in [9.17, 15) is 9.90 Å². The molecule has 0 aromatic carbocycles. The van der Waals surface area contributed by atoms with Crippen LogP contribution in [0.4, 0.5) is 0 Å². The minimum atomic E-state index is -0.167. The molecule has 0 bridgehead atoms. The zero-order valence-corrected chi connectivity index (χ0v) is 17.0. The number of allylic oxidation sites excluding steroid dienone is 3. The number of esters is 1. The molecule has 1 aliphatic heterocycles. The Labute approximate surface area is 167 Å². The van der Waals surface area contributed by atoms with Gasteiger partial charge in [-0.2, -0.15) is 0 Å². The largest absolute Gasteiger partial charge is 0.458 e. The molecule has 1 heterocycles. The van der Waals surface area contributed by atoms with Gasteiger partial charge >= 0.3 is 5.97 Å². The van der Waals surface area contributed by atoms with Gasteiger partial charge in [-0.1, -0.05) is 6.92 Å². The van der Waals surface area contributed by atoms with Gasteiger partial charge in [0.1, 0.15) is 5.60 Å². The van der Waals surface area contributed by atoms with Gasteiger partial charge in [-0.25, -0.2) is 0 Å². The van der Waals surface area contributed by atoms with Crippen LogP contribution >= 0.6 is 0 Å². The van der Waals surface area contributed by atoms with Crippen molar-refractivity contribution in [2.45, 2.75) is 70.3 Å². The van der Waals surface area contributed by atoms with E-state index in [0.717, 1.165) is 43.7 Å². The zero-order chi connectivity index (χ0) is 19.3. The summed E-state index contributed by atoms with van der Waals surface area (Å²) in [5.74, 6) is 3.98. The lowest BCUT2D eigenvalue weighted by atomic mass is 9.47. The summed E-state index contributed by atoms with van der Waals surface area (Å²) in [5.41, 5.74) is 9.76. The van der Waals surface area contributed by atoms with Gasteiger partial charge in [-0.3, -0.25) is 4.79 Å². The SMILES string of the molecule is CC[C@]12CCC3C(CC(CO)=C4C=C(N)CC[C@@H]43)C1C1CC1[C@@]21CCC(=O)O1. The average molecular weight is 384 g/mol. The van der Waals surface area contributed by atoms with E-state index < -0.39 is 0 Å². The Morgan fingerprint density at radius 1 is 1.21 bits per heavy atom. The summed E-state index contributed by atoms with van der Waals surface area (Å²) < 4.78 is 6.25. The molecule has 0 amide bonds. The smallest absolute Gasteiger partial charge is 0.306 e. The standard InChI is InChI=1S/C24H33NO3/c1-2-23-7-5-16-15-4-3-14(25)10-17(15)13(12-26)9-18(16)22(23)19-11-20(19)24(23)8-6-21(27)28-24/h10,15-16,18-20,22,26H,2-9,11-12,25H2,1H3/t15-,16?,18?,19?,20?,22?,23+,24+/m1/s1. The van der Waals surface area contributed by atoms with E-state index in [4.69, 9.17) is 10.5 Å². The highest BCUT2D eigenvalue weighted by Crippen LogP contribution is 2.79. The first kappa shape index (κ1) is 17.6. The topological polar surface area (TPSA) is 72.5 Å². The van der Waals surface area contributed by atoms with E-state index in [2.05, 4.69) is 13.0 Å². The van der Waals surface area contributed by atoms with E-state index in [1.54, 1.807) is 0 Å². The van der Waals surface area contributed by atoms with Crippen LogP contribution in [0, 0.1) is 40.9 Å². The number of nitrogens with two attached hydrogens (primary N) is 1. The number of carbonyl (C=O) groups excluding carboxylic acids is 1. The van der Waals surface area contributed by atoms with Gasteiger partial charge in [-0.15, -0.1) is 0 Å². The molecular formula is C24H33NO3. The minimum absolute atomic E-state index is 0.0380. The van der Waals surface area contributed by atoms with Gasteiger partial charge in [0.05, 0.1) is 6.61 Å². The first-order chi connectivity index (χ1) is 13.5. The van der Waals surface area contributed by atoms with Crippen molar-refractivity contribution in [3.8, 4) is 0 Å². The molecule has 0 radical (unpaired) electrons. The van der Waals surface area contributed by atoms with Crippen molar-refractivity contribution in [3.63, 3.8) is 0 Å². The number of hydrogen-bond donors (Lipinski definition) is 2. The molecule has 4 nitrogen and oxygen atoms in total. The average Bonchev–Trinajstić information content (AvgIpc) is 3.34. The van der Waals surface area contributed by atoms with Crippen LogP contribution in [-0.2, 0) is 9.53 Å². The van der Waals surface area contributed by atoms with Gasteiger partial charge < -0.3 is 15.6 Å². The Kier molecular flexibility index (Phi) is 3.54. The minimum Gasteiger partial charge on any atom is -0.458 e. The van der Waals surface area contributed by atoms with Gasteiger partial charge in [0.15, 0.2) is 0 Å². The molecular weight excluding hydrogens is 350 g/mol. The van der Waals surface area contributed by atoms with Crippen molar-refractivity contribution < 1.29 is 14.6 Å². The first-order valence-electron chi connectivity index (χ1n) is 11.6. The van der Waals surface area contributed by atoms with Crippen LogP contribution in [0.2, 0.25) is 0 Å². The van der Waals surface area contributed by atoms with E-state index in [0.29, 0.717) is 36.0 Å². The second-order valence-electron chi connectivity index (χ2n) is 10.6. The molecule has 5 unspecified atom stereocenters. The van der Waals surface area contributed by atoms with Crippen LogP contribution in [0.15, 0.2) is 22.9 Å². The lowest BCUT2D eigenvalue weighted by Gasteiger charge is -2.58. The molecule has 8 atom stereocenters. The van der Waals surface area contributed by atoms with Crippen LogP contribution in [-0.4, -0.2) is 23.3 Å². The quantitative estimate of drug-likeness (QED) is 0.713. The summed E-state index contributed by atoms with van der Waals surface area (Å²) in [5, 5.41) is 10.2. The van der Waals surface area contributed by atoms with Crippen molar-refractivity contribution in [3.05, 3.63) is 22.9 Å². The number of aliphatic hydroxyl groups is 1. The van der Waals surface area contributed by atoms with Crippen LogP contribution < -0.4 is 5.73 Å². The van der Waals surface area contributed by atoms with Crippen LogP contribution in [0.5, 0.6) is 0 Å². The molecule has 3 saturated carbocycles. The monoisotopic (exact) mass is 383 g/mol. The Balaban J connectivity index is 1.43. The molecule has 1 spiro atoms. The number of hydrogen-bond acceptors (Lipinski definition) is 4. The number of rotatable bonds is 2. The van der Waals surface area contributed by atoms with Gasteiger partial charge in [-0.05, 0) is 98.2 Å². The molecule has 5 aliphatic carbocycles. The Morgan fingerprint density at radius 2 is 2.07 bits per heavy atom. The molecule has 6 rings (SSSR count). The van der Waals surface area contributed by atoms with Crippen molar-refractivity contribution in [1.29, 1.82) is 0 Å². The highest BCUT2D eigenvalue weighted by molar-refractivity contribution is 5.73. The number of carbonyl (C=O) groups is 1. The van der Waals surface area contributed by atoms with E-state index >= 15 is 0 Å². The molecule has 1 saturated heterocycles. The molecule has 0 aromatic rings. The number of ether oxygens (including phenoxy) is 1. The fraction of sp³-hybridized carbons (Fsp3) is 0.792. The highest BCUT2D eigenvalue weighted by Gasteiger charge is 2.79.